The first-order chi connectivity index (χ1) is 8.81. The second-order valence-electron chi connectivity index (χ2n) is 4.93. The first-order valence-corrected chi connectivity index (χ1v) is 7.55. The van der Waals surface area contributed by atoms with Crippen LogP contribution >= 0.6 is 0 Å². The maximum Gasteiger partial charge on any atom is 0.340 e. The number of nitrogens with one attached hydrogen (secondary N) is 1. The van der Waals surface area contributed by atoms with Gasteiger partial charge in [0.25, 0.3) is 0 Å². The molecule has 18 heavy (non-hydrogen) atoms. The minimum absolute atomic E-state index is 0.304. The minimum Gasteiger partial charge on any atom is -0.336 e. The van der Waals surface area contributed by atoms with Crippen molar-refractivity contribution in [3.05, 3.63) is 0 Å². The molecule has 0 rings (SSSR count). The van der Waals surface area contributed by atoms with Gasteiger partial charge in [0, 0.05) is 6.54 Å². The second kappa shape index (κ2) is 14.2. The number of carbonyl (C=O) groups excluding carboxylic acids is 1. The molecular weight excluding hydrogens is 224 g/mol. The summed E-state index contributed by atoms with van der Waals surface area (Å²) in [5, 5.41) is 2.69. The van der Waals surface area contributed by atoms with E-state index in [-0.39, 0.29) is 6.03 Å². The van der Waals surface area contributed by atoms with E-state index in [1.54, 1.807) is 0 Å². The van der Waals surface area contributed by atoms with Crippen molar-refractivity contribution in [2.45, 2.75) is 77.6 Å². The zero-order chi connectivity index (χ0) is 13.5. The molecule has 3 heteroatoms. The summed E-state index contributed by atoms with van der Waals surface area (Å²) in [5.41, 5.74) is 0. The van der Waals surface area contributed by atoms with Gasteiger partial charge in [-0.2, -0.15) is 0 Å². The molecule has 0 saturated heterocycles. The van der Waals surface area contributed by atoms with Gasteiger partial charge in [-0.05, 0) is 13.1 Å². The maximum absolute atomic E-state index is 10.8. The molecule has 0 aliphatic heterocycles. The summed E-state index contributed by atoms with van der Waals surface area (Å²) in [5.74, 6) is 0. The fourth-order valence-electron chi connectivity index (χ4n) is 2.04. The highest BCUT2D eigenvalue weighted by Crippen LogP contribution is 2.10. The van der Waals surface area contributed by atoms with Crippen molar-refractivity contribution in [2.75, 3.05) is 6.54 Å². The van der Waals surface area contributed by atoms with Crippen LogP contribution < -0.4 is 5.32 Å². The quantitative estimate of drug-likeness (QED) is 0.398. The number of amides is 2. The van der Waals surface area contributed by atoms with Crippen LogP contribution in [0.25, 0.3) is 0 Å². The molecule has 0 aromatic carbocycles. The predicted octanol–water partition coefficient (Wildman–Crippen LogP) is 4.71. The van der Waals surface area contributed by atoms with Crippen molar-refractivity contribution in [1.29, 1.82) is 0 Å². The van der Waals surface area contributed by atoms with Gasteiger partial charge in [-0.3, -0.25) is 0 Å². The zero-order valence-electron chi connectivity index (χ0n) is 12.0. The van der Waals surface area contributed by atoms with Gasteiger partial charge in [-0.25, -0.2) is 9.79 Å². The molecule has 0 aromatic heterocycles. The van der Waals surface area contributed by atoms with E-state index in [1.807, 2.05) is 0 Å². The molecule has 0 atom stereocenters. The van der Waals surface area contributed by atoms with E-state index in [1.165, 1.54) is 64.2 Å². The molecule has 3 nitrogen and oxygen atoms in total. The van der Waals surface area contributed by atoms with Crippen LogP contribution in [0.15, 0.2) is 4.99 Å². The number of aliphatic imine (C=N–C) groups is 1. The number of carbonyl (C=O) groups is 1. The van der Waals surface area contributed by atoms with Crippen molar-refractivity contribution in [3.8, 4) is 0 Å². The number of nitrogens with zero attached hydrogens (tertiary/aromatic N) is 1. The molecule has 0 bridgehead atoms. The Morgan fingerprint density at radius 3 is 1.78 bits per heavy atom. The molecule has 0 aliphatic rings. The average molecular weight is 254 g/mol. The fraction of sp³-hybridized carbons (Fsp3) is 0.867. The Kier molecular flexibility index (Phi) is 13.5. The van der Waals surface area contributed by atoms with Crippen molar-refractivity contribution >= 4 is 12.7 Å². The van der Waals surface area contributed by atoms with Gasteiger partial charge in [-0.1, -0.05) is 71.1 Å². The van der Waals surface area contributed by atoms with E-state index < -0.39 is 0 Å². The Hall–Kier alpha value is -0.860. The zero-order valence-corrected chi connectivity index (χ0v) is 12.0. The number of unbranched alkanes of at least 4 members (excludes halogenated alkanes) is 10. The van der Waals surface area contributed by atoms with Crippen LogP contribution in [0.5, 0.6) is 0 Å². The largest absolute Gasteiger partial charge is 0.340 e. The van der Waals surface area contributed by atoms with Gasteiger partial charge in [0.15, 0.2) is 0 Å². The highest BCUT2D eigenvalue weighted by atomic mass is 16.2. The Morgan fingerprint density at radius 2 is 1.33 bits per heavy atom. The average Bonchev–Trinajstić information content (AvgIpc) is 2.39. The van der Waals surface area contributed by atoms with E-state index in [2.05, 4.69) is 24.0 Å². The Bertz CT molecular complexity index is 205. The summed E-state index contributed by atoms with van der Waals surface area (Å²) in [4.78, 5) is 14.0. The van der Waals surface area contributed by atoms with Gasteiger partial charge >= 0.3 is 6.03 Å². The standard InChI is InChI=1S/C15H30N2O/c1-3-4-5-6-7-8-9-10-11-12-13-14-17-15(18)16-2/h2-14H2,1H3,(H,17,18). The monoisotopic (exact) mass is 254 g/mol. The first kappa shape index (κ1) is 17.1. The number of hydrogen-bond donors (Lipinski definition) is 1. The Balaban J connectivity index is 2.98. The molecule has 0 unspecified atom stereocenters. The third kappa shape index (κ3) is 13.2. The van der Waals surface area contributed by atoms with E-state index in [9.17, 15) is 4.79 Å². The summed E-state index contributed by atoms with van der Waals surface area (Å²) >= 11 is 0. The van der Waals surface area contributed by atoms with Crippen molar-refractivity contribution in [1.82, 2.24) is 5.32 Å². The minimum atomic E-state index is -0.304. The van der Waals surface area contributed by atoms with Crippen molar-refractivity contribution in [3.63, 3.8) is 0 Å². The first-order valence-electron chi connectivity index (χ1n) is 7.55. The van der Waals surface area contributed by atoms with Crippen molar-refractivity contribution in [2.24, 2.45) is 4.99 Å². The topological polar surface area (TPSA) is 41.5 Å². The summed E-state index contributed by atoms with van der Waals surface area (Å²) < 4.78 is 0. The van der Waals surface area contributed by atoms with Crippen LogP contribution in [-0.2, 0) is 0 Å². The van der Waals surface area contributed by atoms with E-state index in [0.717, 1.165) is 13.0 Å². The van der Waals surface area contributed by atoms with Gasteiger partial charge < -0.3 is 5.32 Å². The summed E-state index contributed by atoms with van der Waals surface area (Å²) in [7, 11) is 0. The van der Waals surface area contributed by atoms with Gasteiger partial charge in [0.05, 0.1) is 0 Å². The normalized spacial score (nSPS) is 10.3. The lowest BCUT2D eigenvalue weighted by molar-refractivity contribution is 0.249. The van der Waals surface area contributed by atoms with Crippen LogP contribution in [0.4, 0.5) is 4.79 Å². The molecule has 106 valence electrons. The molecule has 0 fully saturated rings. The van der Waals surface area contributed by atoms with E-state index in [0.29, 0.717) is 0 Å². The van der Waals surface area contributed by atoms with E-state index >= 15 is 0 Å². The van der Waals surface area contributed by atoms with Crippen LogP contribution in [0.1, 0.15) is 77.6 Å². The molecular formula is C15H30N2O. The Labute approximate surface area is 112 Å². The van der Waals surface area contributed by atoms with Gasteiger partial charge in [0.1, 0.15) is 0 Å². The summed E-state index contributed by atoms with van der Waals surface area (Å²) in [6.45, 7) is 6.16. The molecule has 1 N–H and O–H groups in total. The summed E-state index contributed by atoms with van der Waals surface area (Å²) in [6.07, 6.45) is 14.6. The fourth-order valence-corrected chi connectivity index (χ4v) is 2.04. The smallest absolute Gasteiger partial charge is 0.336 e. The molecule has 0 spiro atoms. The maximum atomic E-state index is 10.8. The highest BCUT2D eigenvalue weighted by Gasteiger charge is 1.95. The van der Waals surface area contributed by atoms with Crippen LogP contribution in [-0.4, -0.2) is 19.3 Å². The van der Waals surface area contributed by atoms with Crippen LogP contribution in [0, 0.1) is 0 Å². The summed E-state index contributed by atoms with van der Waals surface area (Å²) in [6, 6.07) is -0.304. The lowest BCUT2D eigenvalue weighted by atomic mass is 10.1. The Morgan fingerprint density at radius 1 is 0.889 bits per heavy atom. The van der Waals surface area contributed by atoms with Crippen LogP contribution in [0.3, 0.4) is 0 Å². The highest BCUT2D eigenvalue weighted by molar-refractivity contribution is 5.78. The number of hydrogen-bond acceptors (Lipinski definition) is 1. The van der Waals surface area contributed by atoms with Crippen LogP contribution in [0.2, 0.25) is 0 Å². The SMILES string of the molecule is C=NC(=O)NCCCCCCCCCCCCC. The molecule has 0 aromatic rings. The van der Waals surface area contributed by atoms with Gasteiger partial charge in [0.2, 0.25) is 0 Å². The molecule has 0 saturated carbocycles. The second-order valence-corrected chi connectivity index (χ2v) is 4.93. The van der Waals surface area contributed by atoms with Crippen molar-refractivity contribution < 1.29 is 4.79 Å². The molecule has 0 radical (unpaired) electrons. The number of rotatable bonds is 12. The third-order valence-corrected chi connectivity index (χ3v) is 3.20. The molecule has 0 heterocycles. The molecule has 2 amide bonds. The van der Waals surface area contributed by atoms with E-state index in [4.69, 9.17) is 0 Å². The predicted molar refractivity (Wildman–Crippen MR) is 79.4 cm³/mol. The number of urea groups is 1. The lowest BCUT2D eigenvalue weighted by Crippen LogP contribution is -2.20. The molecule has 0 aliphatic carbocycles. The van der Waals surface area contributed by atoms with Gasteiger partial charge in [-0.15, -0.1) is 0 Å². The lowest BCUT2D eigenvalue weighted by Gasteiger charge is -2.03. The third-order valence-electron chi connectivity index (χ3n) is 3.20.